The van der Waals surface area contributed by atoms with E-state index in [4.69, 9.17) is 9.47 Å². The molecule has 1 aliphatic heterocycles. The van der Waals surface area contributed by atoms with Crippen LogP contribution in [0.3, 0.4) is 0 Å². The van der Waals surface area contributed by atoms with E-state index in [0.29, 0.717) is 11.3 Å². The minimum atomic E-state index is -0.175. The van der Waals surface area contributed by atoms with Crippen molar-refractivity contribution in [3.63, 3.8) is 0 Å². The molecule has 4 aliphatic rings. The van der Waals surface area contributed by atoms with Gasteiger partial charge in [-0.05, 0) is 37.0 Å². The minimum Gasteiger partial charge on any atom is -0.342 e. The zero-order valence-corrected chi connectivity index (χ0v) is 11.9. The van der Waals surface area contributed by atoms with E-state index >= 15 is 0 Å². The van der Waals surface area contributed by atoms with E-state index in [-0.39, 0.29) is 18.0 Å². The molecule has 0 N–H and O–H groups in total. The first kappa shape index (κ1) is 11.9. The maximum atomic E-state index is 6.40. The van der Waals surface area contributed by atoms with Crippen molar-refractivity contribution in [2.24, 2.45) is 17.3 Å². The van der Waals surface area contributed by atoms with Gasteiger partial charge in [-0.3, -0.25) is 0 Å². The van der Waals surface area contributed by atoms with E-state index < -0.39 is 0 Å². The molecular weight excluding hydrogens is 236 g/mol. The van der Waals surface area contributed by atoms with Crippen molar-refractivity contribution in [3.05, 3.63) is 35.9 Å². The van der Waals surface area contributed by atoms with Crippen LogP contribution in [0.15, 0.2) is 30.3 Å². The molecule has 102 valence electrons. The van der Waals surface area contributed by atoms with Gasteiger partial charge in [-0.1, -0.05) is 44.2 Å². The van der Waals surface area contributed by atoms with Gasteiger partial charge in [-0.25, -0.2) is 0 Å². The summed E-state index contributed by atoms with van der Waals surface area (Å²) in [6.45, 7) is 7.06. The Labute approximate surface area is 115 Å². The van der Waals surface area contributed by atoms with E-state index in [0.717, 1.165) is 17.9 Å². The highest BCUT2D eigenvalue weighted by Crippen LogP contribution is 2.67. The van der Waals surface area contributed by atoms with Crippen molar-refractivity contribution < 1.29 is 9.47 Å². The highest BCUT2D eigenvalue weighted by Gasteiger charge is 2.67. The van der Waals surface area contributed by atoms with Crippen LogP contribution in [0.1, 0.15) is 45.5 Å². The molecule has 1 heterocycles. The Morgan fingerprint density at radius 3 is 2.47 bits per heavy atom. The van der Waals surface area contributed by atoms with Gasteiger partial charge in [0.15, 0.2) is 6.29 Å². The van der Waals surface area contributed by atoms with Crippen molar-refractivity contribution >= 4 is 0 Å². The van der Waals surface area contributed by atoms with Crippen molar-refractivity contribution in [1.29, 1.82) is 0 Å². The normalized spacial score (nSPS) is 46.5. The monoisotopic (exact) mass is 258 g/mol. The molecule has 1 aromatic carbocycles. The van der Waals surface area contributed by atoms with Gasteiger partial charge in [0.2, 0.25) is 0 Å². The molecule has 1 saturated heterocycles. The van der Waals surface area contributed by atoms with Crippen molar-refractivity contribution in [3.8, 4) is 0 Å². The maximum Gasteiger partial charge on any atom is 0.185 e. The second-order valence-electron chi connectivity index (χ2n) is 7.21. The lowest BCUT2D eigenvalue weighted by Gasteiger charge is -2.63. The van der Waals surface area contributed by atoms with Gasteiger partial charge in [-0.2, -0.15) is 0 Å². The van der Waals surface area contributed by atoms with Crippen LogP contribution in [-0.4, -0.2) is 11.7 Å². The molecule has 5 rings (SSSR count). The predicted molar refractivity (Wildman–Crippen MR) is 73.5 cm³/mol. The second kappa shape index (κ2) is 3.62. The van der Waals surface area contributed by atoms with Crippen LogP contribution in [0.2, 0.25) is 0 Å². The predicted octanol–water partition coefficient (Wildman–Crippen LogP) is 3.93. The summed E-state index contributed by atoms with van der Waals surface area (Å²) in [6, 6.07) is 10.3. The standard InChI is InChI=1S/C17H22O2/c1-16(2)12-9-13(16)17(3)14(10-12)18-15(19-17)11-7-5-4-6-8-11/h4-8,12-15H,9-10H2,1-3H3/t12-,13-,14+,15-,17-/m1/s1. The van der Waals surface area contributed by atoms with Crippen LogP contribution in [0.5, 0.6) is 0 Å². The summed E-state index contributed by atoms with van der Waals surface area (Å²) in [4.78, 5) is 0. The Kier molecular flexibility index (Phi) is 2.27. The Balaban J connectivity index is 1.64. The topological polar surface area (TPSA) is 18.5 Å². The van der Waals surface area contributed by atoms with Crippen LogP contribution < -0.4 is 0 Å². The third-order valence-corrected chi connectivity index (χ3v) is 6.02. The third kappa shape index (κ3) is 1.45. The van der Waals surface area contributed by atoms with Crippen LogP contribution in [0, 0.1) is 17.3 Å². The Hall–Kier alpha value is -0.860. The van der Waals surface area contributed by atoms with Crippen LogP contribution in [-0.2, 0) is 9.47 Å². The summed E-state index contributed by atoms with van der Waals surface area (Å²) in [5, 5.41) is 0. The molecular formula is C17H22O2. The number of hydrogen-bond donors (Lipinski definition) is 0. The summed E-state index contributed by atoms with van der Waals surface area (Å²) < 4.78 is 12.6. The highest BCUT2D eigenvalue weighted by molar-refractivity contribution is 5.21. The third-order valence-electron chi connectivity index (χ3n) is 6.02. The molecule has 19 heavy (non-hydrogen) atoms. The summed E-state index contributed by atoms with van der Waals surface area (Å²) >= 11 is 0. The Bertz CT molecular complexity index is 495. The van der Waals surface area contributed by atoms with Crippen LogP contribution in [0.25, 0.3) is 0 Å². The molecule has 1 aromatic rings. The molecule has 0 unspecified atom stereocenters. The largest absolute Gasteiger partial charge is 0.342 e. The first-order valence-electron chi connectivity index (χ1n) is 7.40. The van der Waals surface area contributed by atoms with Crippen molar-refractivity contribution in [2.45, 2.75) is 51.6 Å². The number of ether oxygens (including phenoxy) is 2. The Morgan fingerprint density at radius 2 is 1.79 bits per heavy atom. The van der Waals surface area contributed by atoms with Gasteiger partial charge in [0.25, 0.3) is 0 Å². The van der Waals surface area contributed by atoms with E-state index in [1.54, 1.807) is 0 Å². The zero-order chi connectivity index (χ0) is 13.3. The molecule has 2 nitrogen and oxygen atoms in total. The zero-order valence-electron chi connectivity index (χ0n) is 11.9. The first-order valence-corrected chi connectivity index (χ1v) is 7.40. The minimum absolute atomic E-state index is 0.0985. The molecule has 3 saturated carbocycles. The fourth-order valence-corrected chi connectivity index (χ4v) is 4.62. The average molecular weight is 258 g/mol. The van der Waals surface area contributed by atoms with Gasteiger partial charge >= 0.3 is 0 Å². The smallest absolute Gasteiger partial charge is 0.185 e. The van der Waals surface area contributed by atoms with Gasteiger partial charge in [0.05, 0.1) is 11.7 Å². The fourth-order valence-electron chi connectivity index (χ4n) is 4.62. The summed E-state index contributed by atoms with van der Waals surface area (Å²) in [5.41, 5.74) is 1.46. The number of benzene rings is 1. The van der Waals surface area contributed by atoms with Crippen LogP contribution >= 0.6 is 0 Å². The van der Waals surface area contributed by atoms with E-state index in [1.165, 1.54) is 6.42 Å². The van der Waals surface area contributed by atoms with Gasteiger partial charge in [0.1, 0.15) is 0 Å². The quantitative estimate of drug-likeness (QED) is 0.760. The van der Waals surface area contributed by atoms with E-state index in [1.807, 2.05) is 6.07 Å². The molecule has 0 radical (unpaired) electrons. The highest BCUT2D eigenvalue weighted by atomic mass is 16.7. The molecule has 2 bridgehead atoms. The lowest BCUT2D eigenvalue weighted by molar-refractivity contribution is -0.209. The Morgan fingerprint density at radius 1 is 1.05 bits per heavy atom. The lowest BCUT2D eigenvalue weighted by atomic mass is 9.43. The lowest BCUT2D eigenvalue weighted by Crippen LogP contribution is -2.65. The van der Waals surface area contributed by atoms with Gasteiger partial charge < -0.3 is 9.47 Å². The molecule has 0 spiro atoms. The second-order valence-corrected chi connectivity index (χ2v) is 7.21. The number of rotatable bonds is 1. The van der Waals surface area contributed by atoms with Gasteiger partial charge in [0, 0.05) is 5.56 Å². The number of hydrogen-bond acceptors (Lipinski definition) is 2. The first-order chi connectivity index (χ1) is 9.02. The summed E-state index contributed by atoms with van der Waals surface area (Å²) in [7, 11) is 0. The molecule has 0 amide bonds. The van der Waals surface area contributed by atoms with Gasteiger partial charge in [-0.15, -0.1) is 0 Å². The van der Waals surface area contributed by atoms with E-state index in [9.17, 15) is 0 Å². The fraction of sp³-hybridized carbons (Fsp3) is 0.647. The van der Waals surface area contributed by atoms with Crippen molar-refractivity contribution in [1.82, 2.24) is 0 Å². The molecule has 4 fully saturated rings. The van der Waals surface area contributed by atoms with Crippen LogP contribution in [0.4, 0.5) is 0 Å². The van der Waals surface area contributed by atoms with E-state index in [2.05, 4.69) is 45.0 Å². The molecule has 3 aliphatic carbocycles. The van der Waals surface area contributed by atoms with Crippen molar-refractivity contribution in [2.75, 3.05) is 0 Å². The molecule has 2 heteroatoms. The SMILES string of the molecule is CC1(C)[C@H]2C[C@@H]3O[C@@H](c4ccccc4)O[C@]3(C)[C@@H]1C2. The molecule has 0 aromatic heterocycles. The summed E-state index contributed by atoms with van der Waals surface area (Å²) in [6.07, 6.45) is 2.56. The average Bonchev–Trinajstić information content (AvgIpc) is 2.76. The molecule has 5 atom stereocenters. The maximum absolute atomic E-state index is 6.40. The summed E-state index contributed by atoms with van der Waals surface area (Å²) in [5.74, 6) is 1.45.